The van der Waals surface area contributed by atoms with Gasteiger partial charge >= 0.3 is 6.18 Å². The van der Waals surface area contributed by atoms with Gasteiger partial charge in [0.05, 0.1) is 38.5 Å². The summed E-state index contributed by atoms with van der Waals surface area (Å²) in [5, 5.41) is 12.1. The average molecular weight is 459 g/mol. The van der Waals surface area contributed by atoms with E-state index in [0.29, 0.717) is 11.3 Å². The van der Waals surface area contributed by atoms with Crippen LogP contribution in [0.3, 0.4) is 0 Å². The molecule has 3 aromatic rings. The Balaban J connectivity index is 1.40. The van der Waals surface area contributed by atoms with Crippen molar-refractivity contribution in [2.75, 3.05) is 11.9 Å². The largest absolute Gasteiger partial charge is 0.417 e. The quantitative estimate of drug-likeness (QED) is 0.571. The number of alkyl halides is 3. The molecule has 166 valence electrons. The highest BCUT2D eigenvalue weighted by Crippen LogP contribution is 2.35. The molecular formula is C23H21F3N4OS. The van der Waals surface area contributed by atoms with Gasteiger partial charge in [-0.15, -0.1) is 11.3 Å². The molecule has 0 radical (unpaired) electrons. The summed E-state index contributed by atoms with van der Waals surface area (Å²) in [6.07, 6.45) is -1.62. The lowest BCUT2D eigenvalue weighted by Gasteiger charge is -2.36. The van der Waals surface area contributed by atoms with Crippen LogP contribution in [0.1, 0.15) is 47.2 Å². The van der Waals surface area contributed by atoms with Crippen LogP contribution in [0.2, 0.25) is 0 Å². The number of benzene rings is 2. The Kier molecular flexibility index (Phi) is 6.07. The molecule has 32 heavy (non-hydrogen) atoms. The third kappa shape index (κ3) is 4.41. The van der Waals surface area contributed by atoms with Crippen molar-refractivity contribution in [3.63, 3.8) is 0 Å². The molecule has 0 atom stereocenters. The fourth-order valence-electron chi connectivity index (χ4n) is 4.23. The number of hydrogen-bond acceptors (Lipinski definition) is 5. The summed E-state index contributed by atoms with van der Waals surface area (Å²) in [4.78, 5) is 18.9. The molecule has 1 saturated carbocycles. The van der Waals surface area contributed by atoms with Gasteiger partial charge in [-0.25, -0.2) is 4.98 Å². The van der Waals surface area contributed by atoms with E-state index >= 15 is 0 Å². The summed E-state index contributed by atoms with van der Waals surface area (Å²) in [5.41, 5.74) is 2.27. The number of carbonyl (C=O) groups is 1. The molecule has 0 saturated heterocycles. The predicted octanol–water partition coefficient (Wildman–Crippen LogP) is 5.36. The van der Waals surface area contributed by atoms with Gasteiger partial charge in [-0.05, 0) is 56.0 Å². The molecule has 4 rings (SSSR count). The van der Waals surface area contributed by atoms with Crippen molar-refractivity contribution in [1.82, 2.24) is 10.3 Å². The van der Waals surface area contributed by atoms with Crippen molar-refractivity contribution in [2.24, 2.45) is 0 Å². The molecule has 1 aliphatic rings. The van der Waals surface area contributed by atoms with Gasteiger partial charge in [-0.3, -0.25) is 4.79 Å². The van der Waals surface area contributed by atoms with Crippen LogP contribution < -0.4 is 10.2 Å². The van der Waals surface area contributed by atoms with Gasteiger partial charge in [0.15, 0.2) is 0 Å². The number of hydrogen-bond donors (Lipinski definition) is 1. The first-order valence-electron chi connectivity index (χ1n) is 10.2. The Labute approximate surface area is 187 Å². The molecule has 2 aromatic carbocycles. The van der Waals surface area contributed by atoms with Crippen molar-refractivity contribution in [1.29, 1.82) is 5.26 Å². The van der Waals surface area contributed by atoms with Crippen molar-refractivity contribution in [2.45, 2.75) is 43.9 Å². The Morgan fingerprint density at radius 2 is 1.97 bits per heavy atom. The van der Waals surface area contributed by atoms with Gasteiger partial charge in [0, 0.05) is 24.8 Å². The molecule has 1 N–H and O–H groups in total. The molecule has 0 bridgehead atoms. The van der Waals surface area contributed by atoms with Gasteiger partial charge in [0.2, 0.25) is 0 Å². The van der Waals surface area contributed by atoms with Crippen LogP contribution >= 0.6 is 11.3 Å². The summed E-state index contributed by atoms with van der Waals surface area (Å²) >= 11 is 1.43. The number of halogens is 3. The van der Waals surface area contributed by atoms with E-state index in [4.69, 9.17) is 5.26 Å². The minimum absolute atomic E-state index is 0.0158. The predicted molar refractivity (Wildman–Crippen MR) is 118 cm³/mol. The molecular weight excluding hydrogens is 437 g/mol. The molecule has 0 unspecified atom stereocenters. The number of amides is 1. The highest BCUT2D eigenvalue weighted by atomic mass is 32.1. The number of carbonyl (C=O) groups excluding carboxylic acids is 1. The van der Waals surface area contributed by atoms with E-state index in [2.05, 4.69) is 10.3 Å². The van der Waals surface area contributed by atoms with E-state index in [1.54, 1.807) is 30.8 Å². The van der Waals surface area contributed by atoms with Gasteiger partial charge in [0.1, 0.15) is 0 Å². The van der Waals surface area contributed by atoms with E-state index in [0.717, 1.165) is 42.0 Å². The first-order chi connectivity index (χ1) is 15.3. The van der Waals surface area contributed by atoms with Crippen LogP contribution in [0.5, 0.6) is 0 Å². The first-order valence-corrected chi connectivity index (χ1v) is 11.1. The normalized spacial score (nSPS) is 18.8. The third-order valence-electron chi connectivity index (χ3n) is 6.02. The first kappa shape index (κ1) is 22.1. The minimum atomic E-state index is -4.58. The Bertz CT molecular complexity index is 1180. The van der Waals surface area contributed by atoms with Crippen LogP contribution in [0, 0.1) is 11.3 Å². The summed E-state index contributed by atoms with van der Waals surface area (Å²) in [7, 11) is 1.77. The lowest BCUT2D eigenvalue weighted by Crippen LogP contribution is -2.43. The van der Waals surface area contributed by atoms with E-state index in [9.17, 15) is 18.0 Å². The van der Waals surface area contributed by atoms with Gasteiger partial charge in [-0.2, -0.15) is 18.4 Å². The number of thiazole rings is 1. The van der Waals surface area contributed by atoms with Crippen LogP contribution in [0.15, 0.2) is 41.9 Å². The average Bonchev–Trinajstić information content (AvgIpc) is 3.27. The SMILES string of the molecule is CN(c1ccc(C#N)c(C(F)(F)F)c1)[C@H]1CC[C@@H](NC(=O)c2cccc3ncsc23)CC1. The molecule has 1 heterocycles. The number of aromatic nitrogens is 1. The van der Waals surface area contributed by atoms with Gasteiger partial charge in [0.25, 0.3) is 5.91 Å². The molecule has 5 nitrogen and oxygen atoms in total. The Hall–Kier alpha value is -3.12. The van der Waals surface area contributed by atoms with E-state index in [1.807, 2.05) is 17.0 Å². The number of nitrogens with zero attached hydrogens (tertiary/aromatic N) is 3. The zero-order valence-electron chi connectivity index (χ0n) is 17.3. The number of fused-ring (bicyclic) bond motifs is 1. The van der Waals surface area contributed by atoms with Crippen LogP contribution in [0.4, 0.5) is 18.9 Å². The Morgan fingerprint density at radius 3 is 2.66 bits per heavy atom. The third-order valence-corrected chi connectivity index (χ3v) is 6.89. The van der Waals surface area contributed by atoms with Crippen molar-refractivity contribution < 1.29 is 18.0 Å². The number of nitrogens with one attached hydrogen (secondary N) is 1. The number of nitriles is 1. The monoisotopic (exact) mass is 458 g/mol. The summed E-state index contributed by atoms with van der Waals surface area (Å²) in [5.74, 6) is -0.126. The standard InChI is InChI=1S/C23H21F3N4OS/c1-30(17-8-5-14(12-27)19(11-17)23(24,25)26)16-9-6-15(7-10-16)29-22(31)18-3-2-4-20-21(18)32-13-28-20/h2-5,8,11,13,15-16H,6-7,9-10H2,1H3,(H,29,31)/t15-,16+. The topological polar surface area (TPSA) is 69.0 Å². The van der Waals surface area contributed by atoms with E-state index in [1.165, 1.54) is 17.4 Å². The molecule has 0 aliphatic heterocycles. The van der Waals surface area contributed by atoms with Crippen molar-refractivity contribution in [3.05, 3.63) is 58.6 Å². The number of anilines is 1. The van der Waals surface area contributed by atoms with Gasteiger partial charge < -0.3 is 10.2 Å². The summed E-state index contributed by atoms with van der Waals surface area (Å²) in [6.45, 7) is 0. The highest BCUT2D eigenvalue weighted by Gasteiger charge is 2.35. The molecule has 1 amide bonds. The molecule has 1 aliphatic carbocycles. The highest BCUT2D eigenvalue weighted by molar-refractivity contribution is 7.17. The second kappa shape index (κ2) is 8.79. The van der Waals surface area contributed by atoms with Crippen LogP contribution in [0.25, 0.3) is 10.2 Å². The zero-order valence-corrected chi connectivity index (χ0v) is 18.1. The number of rotatable bonds is 4. The lowest BCUT2D eigenvalue weighted by molar-refractivity contribution is -0.137. The van der Waals surface area contributed by atoms with E-state index in [-0.39, 0.29) is 23.6 Å². The van der Waals surface area contributed by atoms with Gasteiger partial charge in [-0.1, -0.05) is 6.07 Å². The maximum atomic E-state index is 13.3. The Morgan fingerprint density at radius 1 is 1.22 bits per heavy atom. The zero-order chi connectivity index (χ0) is 22.9. The van der Waals surface area contributed by atoms with E-state index < -0.39 is 11.7 Å². The molecule has 1 fully saturated rings. The second-order valence-corrected chi connectivity index (χ2v) is 8.79. The van der Waals surface area contributed by atoms with Crippen molar-refractivity contribution >= 4 is 33.1 Å². The van der Waals surface area contributed by atoms with Crippen molar-refractivity contribution in [3.8, 4) is 6.07 Å². The van der Waals surface area contributed by atoms with Crippen LogP contribution in [-0.2, 0) is 6.18 Å². The lowest BCUT2D eigenvalue weighted by atomic mass is 9.89. The molecule has 9 heteroatoms. The summed E-state index contributed by atoms with van der Waals surface area (Å²) in [6, 6.07) is 11.0. The molecule has 0 spiro atoms. The smallest absolute Gasteiger partial charge is 0.372 e. The molecule has 1 aromatic heterocycles. The fourth-order valence-corrected chi connectivity index (χ4v) is 5.03. The minimum Gasteiger partial charge on any atom is -0.372 e. The fraction of sp³-hybridized carbons (Fsp3) is 0.348. The van der Waals surface area contributed by atoms with Crippen LogP contribution in [-0.4, -0.2) is 30.0 Å². The maximum Gasteiger partial charge on any atom is 0.417 e. The second-order valence-electron chi connectivity index (χ2n) is 7.94. The summed E-state index contributed by atoms with van der Waals surface area (Å²) < 4.78 is 40.8. The maximum absolute atomic E-state index is 13.3.